The van der Waals surface area contributed by atoms with Crippen LogP contribution in [0.1, 0.15) is 19.4 Å². The van der Waals surface area contributed by atoms with Crippen LogP contribution in [0.2, 0.25) is 5.02 Å². The Bertz CT molecular complexity index is 267. The van der Waals surface area contributed by atoms with Crippen molar-refractivity contribution in [3.63, 3.8) is 0 Å². The molecule has 0 fully saturated rings. The molecule has 0 saturated heterocycles. The first-order valence-corrected chi connectivity index (χ1v) is 6.07. The Labute approximate surface area is 94.5 Å². The zero-order valence-corrected chi connectivity index (χ0v) is 10.2. The lowest BCUT2D eigenvalue weighted by atomic mass is 10.0. The molecule has 1 aromatic carbocycles. The molecule has 1 rings (SSSR count). The molecule has 0 atom stereocenters. The van der Waals surface area contributed by atoms with Gasteiger partial charge >= 0.3 is 0 Å². The average Bonchev–Trinajstić information content (AvgIpc) is 2.05. The number of benzene rings is 1. The first kappa shape index (κ1) is 11.3. The third-order valence-corrected chi connectivity index (χ3v) is 3.69. The van der Waals surface area contributed by atoms with E-state index in [1.165, 1.54) is 5.56 Å². The molecule has 0 saturated carbocycles. The van der Waals surface area contributed by atoms with Gasteiger partial charge in [-0.1, -0.05) is 23.7 Å². The molecule has 1 aromatic rings. The summed E-state index contributed by atoms with van der Waals surface area (Å²) < 4.78 is 0.117. The molecule has 0 radical (unpaired) electrons. The fourth-order valence-corrected chi connectivity index (χ4v) is 2.82. The van der Waals surface area contributed by atoms with E-state index in [-0.39, 0.29) is 4.75 Å². The quantitative estimate of drug-likeness (QED) is 0.602. The van der Waals surface area contributed by atoms with Crippen LogP contribution in [0.4, 0.5) is 0 Å². The van der Waals surface area contributed by atoms with E-state index in [0.29, 0.717) is 0 Å². The van der Waals surface area contributed by atoms with Crippen molar-refractivity contribution in [1.82, 2.24) is 0 Å². The fraction of sp³-hybridized carbons (Fsp3) is 0.400. The van der Waals surface area contributed by atoms with E-state index < -0.39 is 0 Å². The van der Waals surface area contributed by atoms with Gasteiger partial charge in [0.1, 0.15) is 0 Å². The van der Waals surface area contributed by atoms with Gasteiger partial charge < -0.3 is 0 Å². The SMILES string of the molecule is CC(C)(SCS)c1ccc(Cl)cc1. The van der Waals surface area contributed by atoms with Crippen LogP contribution in [0.15, 0.2) is 24.3 Å². The van der Waals surface area contributed by atoms with Gasteiger partial charge in [0.2, 0.25) is 0 Å². The number of thiol groups is 1. The van der Waals surface area contributed by atoms with E-state index in [1.807, 2.05) is 23.9 Å². The van der Waals surface area contributed by atoms with Crippen molar-refractivity contribution in [1.29, 1.82) is 0 Å². The fourth-order valence-electron chi connectivity index (χ4n) is 1.10. The third-order valence-electron chi connectivity index (χ3n) is 1.96. The highest BCUT2D eigenvalue weighted by Crippen LogP contribution is 2.36. The summed E-state index contributed by atoms with van der Waals surface area (Å²) >= 11 is 11.9. The lowest BCUT2D eigenvalue weighted by Crippen LogP contribution is -2.11. The predicted molar refractivity (Wildman–Crippen MR) is 65.9 cm³/mol. The Balaban J connectivity index is 2.87. The maximum Gasteiger partial charge on any atom is 0.0406 e. The molecule has 3 heteroatoms. The summed E-state index contributed by atoms with van der Waals surface area (Å²) in [4.78, 5) is 0. The van der Waals surface area contributed by atoms with Gasteiger partial charge in [0.15, 0.2) is 0 Å². The lowest BCUT2D eigenvalue weighted by Gasteiger charge is -2.23. The molecule has 0 nitrogen and oxygen atoms in total. The minimum absolute atomic E-state index is 0.117. The summed E-state index contributed by atoms with van der Waals surface area (Å²) in [5.41, 5.74) is 1.29. The van der Waals surface area contributed by atoms with Crippen molar-refractivity contribution in [2.75, 3.05) is 5.08 Å². The van der Waals surface area contributed by atoms with Crippen LogP contribution in [0, 0.1) is 0 Å². The number of halogens is 1. The van der Waals surface area contributed by atoms with Crippen LogP contribution in [-0.2, 0) is 4.75 Å². The smallest absolute Gasteiger partial charge is 0.0406 e. The van der Waals surface area contributed by atoms with E-state index >= 15 is 0 Å². The summed E-state index contributed by atoms with van der Waals surface area (Å²) in [5.74, 6) is 0. The van der Waals surface area contributed by atoms with Crippen LogP contribution in [0.25, 0.3) is 0 Å². The second kappa shape index (κ2) is 4.63. The number of hydrogen-bond acceptors (Lipinski definition) is 2. The number of thioether (sulfide) groups is 1. The maximum absolute atomic E-state index is 5.82. The molecule has 0 aliphatic heterocycles. The van der Waals surface area contributed by atoms with Crippen LogP contribution in [0.5, 0.6) is 0 Å². The van der Waals surface area contributed by atoms with E-state index in [9.17, 15) is 0 Å². The molecule has 0 aliphatic rings. The number of hydrogen-bond donors (Lipinski definition) is 1. The first-order chi connectivity index (χ1) is 6.06. The topological polar surface area (TPSA) is 0 Å². The third kappa shape index (κ3) is 3.12. The van der Waals surface area contributed by atoms with Crippen molar-refractivity contribution in [2.45, 2.75) is 18.6 Å². The van der Waals surface area contributed by atoms with Crippen LogP contribution in [-0.4, -0.2) is 5.08 Å². The van der Waals surface area contributed by atoms with Crippen molar-refractivity contribution in [2.24, 2.45) is 0 Å². The van der Waals surface area contributed by atoms with Crippen molar-refractivity contribution < 1.29 is 0 Å². The van der Waals surface area contributed by atoms with Gasteiger partial charge in [-0.15, -0.1) is 11.8 Å². The highest BCUT2D eigenvalue weighted by Gasteiger charge is 2.19. The minimum atomic E-state index is 0.117. The van der Waals surface area contributed by atoms with Gasteiger partial charge in [0, 0.05) is 14.9 Å². The van der Waals surface area contributed by atoms with Crippen LogP contribution >= 0.6 is 36.0 Å². The van der Waals surface area contributed by atoms with E-state index in [0.717, 1.165) is 10.1 Å². The van der Waals surface area contributed by atoms with Crippen molar-refractivity contribution in [3.8, 4) is 0 Å². The molecular formula is C10H13ClS2. The Morgan fingerprint density at radius 2 is 1.85 bits per heavy atom. The summed E-state index contributed by atoms with van der Waals surface area (Å²) in [7, 11) is 0. The molecule has 0 aliphatic carbocycles. The van der Waals surface area contributed by atoms with Gasteiger partial charge in [-0.2, -0.15) is 12.6 Å². The van der Waals surface area contributed by atoms with E-state index in [2.05, 4.69) is 38.6 Å². The maximum atomic E-state index is 5.82. The summed E-state index contributed by atoms with van der Waals surface area (Å²) in [6.07, 6.45) is 0. The van der Waals surface area contributed by atoms with Gasteiger partial charge in [-0.25, -0.2) is 0 Å². The van der Waals surface area contributed by atoms with Gasteiger partial charge in [-0.05, 0) is 31.5 Å². The molecule has 0 heterocycles. The highest BCUT2D eigenvalue weighted by atomic mass is 35.5. The molecule has 0 aromatic heterocycles. The van der Waals surface area contributed by atoms with Gasteiger partial charge in [0.25, 0.3) is 0 Å². The van der Waals surface area contributed by atoms with E-state index in [1.54, 1.807) is 0 Å². The molecule has 72 valence electrons. The monoisotopic (exact) mass is 232 g/mol. The normalized spacial score (nSPS) is 11.7. The Morgan fingerprint density at radius 1 is 1.31 bits per heavy atom. The second-order valence-electron chi connectivity index (χ2n) is 3.29. The largest absolute Gasteiger partial charge is 0.168 e. The molecule has 0 amide bonds. The van der Waals surface area contributed by atoms with Gasteiger partial charge in [0.05, 0.1) is 0 Å². The Hall–Kier alpha value is 0.210. The minimum Gasteiger partial charge on any atom is -0.168 e. The Morgan fingerprint density at radius 3 is 2.31 bits per heavy atom. The average molecular weight is 233 g/mol. The molecule has 0 unspecified atom stereocenters. The van der Waals surface area contributed by atoms with Crippen molar-refractivity contribution in [3.05, 3.63) is 34.9 Å². The zero-order chi connectivity index (χ0) is 9.90. The Kier molecular flexibility index (Phi) is 4.02. The molecule has 0 bridgehead atoms. The molecular weight excluding hydrogens is 220 g/mol. The highest BCUT2D eigenvalue weighted by molar-refractivity contribution is 8.09. The molecule has 0 spiro atoms. The van der Waals surface area contributed by atoms with Crippen LogP contribution < -0.4 is 0 Å². The summed E-state index contributed by atoms with van der Waals surface area (Å²) in [6.45, 7) is 4.38. The summed E-state index contributed by atoms with van der Waals surface area (Å²) in [6, 6.07) is 7.99. The summed E-state index contributed by atoms with van der Waals surface area (Å²) in [5, 5.41) is 1.62. The van der Waals surface area contributed by atoms with Crippen molar-refractivity contribution >= 4 is 36.0 Å². The van der Waals surface area contributed by atoms with E-state index in [4.69, 9.17) is 11.6 Å². The predicted octanol–water partition coefficient (Wildman–Crippen LogP) is 4.20. The lowest BCUT2D eigenvalue weighted by molar-refractivity contribution is 0.785. The van der Waals surface area contributed by atoms with Crippen LogP contribution in [0.3, 0.4) is 0 Å². The zero-order valence-electron chi connectivity index (χ0n) is 7.75. The molecule has 0 N–H and O–H groups in total. The molecule has 13 heavy (non-hydrogen) atoms. The number of rotatable bonds is 3. The second-order valence-corrected chi connectivity index (χ2v) is 6.07. The standard InChI is InChI=1S/C10H13ClS2/c1-10(2,13-7-12)8-3-5-9(11)6-4-8/h3-6,12H,7H2,1-2H3. The first-order valence-electron chi connectivity index (χ1n) is 4.07. The van der Waals surface area contributed by atoms with Gasteiger partial charge in [-0.3, -0.25) is 0 Å².